The van der Waals surface area contributed by atoms with Crippen molar-refractivity contribution in [3.8, 4) is 0 Å². The number of nitrogens with zero attached hydrogens (tertiary/aromatic N) is 2. The molecule has 0 aliphatic carbocycles. The Hall–Kier alpha value is -2.83. The first-order valence-corrected chi connectivity index (χ1v) is 6.66. The fourth-order valence-electron chi connectivity index (χ4n) is 2.23. The monoisotopic (exact) mass is 285 g/mol. The fourth-order valence-corrected chi connectivity index (χ4v) is 2.23. The second kappa shape index (κ2) is 5.28. The summed E-state index contributed by atoms with van der Waals surface area (Å²) in [7, 11) is 0. The minimum Gasteiger partial charge on any atom is -0.366 e. The molecule has 2 aromatic rings. The van der Waals surface area contributed by atoms with E-state index in [1.807, 2.05) is 4.57 Å². The van der Waals surface area contributed by atoms with Crippen LogP contribution in [0.4, 0.5) is 11.6 Å². The van der Waals surface area contributed by atoms with Gasteiger partial charge in [0.1, 0.15) is 5.69 Å². The summed E-state index contributed by atoms with van der Waals surface area (Å²) in [6, 6.07) is 6.49. The molecule has 108 valence electrons. The first kappa shape index (κ1) is 13.2. The van der Waals surface area contributed by atoms with Crippen molar-refractivity contribution in [1.29, 1.82) is 0 Å². The molecule has 4 N–H and O–H groups in total. The number of anilines is 2. The SMILES string of the molecule is NC(=O)c1cccc(NC(=O)c2cn3c(n2)NCCC3)c1. The Balaban J connectivity index is 1.78. The highest BCUT2D eigenvalue weighted by molar-refractivity contribution is 6.04. The summed E-state index contributed by atoms with van der Waals surface area (Å²) in [5.41, 5.74) is 6.41. The van der Waals surface area contributed by atoms with Crippen molar-refractivity contribution >= 4 is 23.5 Å². The molecular formula is C14H15N5O2. The third-order valence-corrected chi connectivity index (χ3v) is 3.27. The molecule has 0 saturated heterocycles. The molecular weight excluding hydrogens is 270 g/mol. The number of hydrogen-bond acceptors (Lipinski definition) is 4. The van der Waals surface area contributed by atoms with E-state index in [2.05, 4.69) is 15.6 Å². The van der Waals surface area contributed by atoms with Gasteiger partial charge < -0.3 is 20.9 Å². The van der Waals surface area contributed by atoms with Crippen LogP contribution in [0.3, 0.4) is 0 Å². The fraction of sp³-hybridized carbons (Fsp3) is 0.214. The molecule has 0 unspecified atom stereocenters. The summed E-state index contributed by atoms with van der Waals surface area (Å²) in [5, 5.41) is 5.85. The van der Waals surface area contributed by atoms with Gasteiger partial charge >= 0.3 is 0 Å². The van der Waals surface area contributed by atoms with Crippen LogP contribution < -0.4 is 16.4 Å². The minimum absolute atomic E-state index is 0.319. The number of nitrogens with two attached hydrogens (primary N) is 1. The van der Waals surface area contributed by atoms with E-state index in [1.165, 1.54) is 6.07 Å². The van der Waals surface area contributed by atoms with Crippen molar-refractivity contribution in [2.24, 2.45) is 5.73 Å². The Kier molecular flexibility index (Phi) is 3.31. The number of fused-ring (bicyclic) bond motifs is 1. The highest BCUT2D eigenvalue weighted by atomic mass is 16.2. The maximum Gasteiger partial charge on any atom is 0.275 e. The predicted octanol–water partition coefficient (Wildman–Crippen LogP) is 1.05. The molecule has 0 bridgehead atoms. The molecule has 0 radical (unpaired) electrons. The lowest BCUT2D eigenvalue weighted by atomic mass is 10.2. The number of primary amides is 1. The summed E-state index contributed by atoms with van der Waals surface area (Å²) in [4.78, 5) is 27.6. The summed E-state index contributed by atoms with van der Waals surface area (Å²) in [5.74, 6) is -0.148. The van der Waals surface area contributed by atoms with E-state index in [4.69, 9.17) is 5.73 Å². The van der Waals surface area contributed by atoms with Crippen LogP contribution in [0.15, 0.2) is 30.5 Å². The van der Waals surface area contributed by atoms with Crippen molar-refractivity contribution in [1.82, 2.24) is 9.55 Å². The van der Waals surface area contributed by atoms with Crippen LogP contribution in [0.5, 0.6) is 0 Å². The normalized spacial score (nSPS) is 13.1. The van der Waals surface area contributed by atoms with Crippen molar-refractivity contribution in [2.45, 2.75) is 13.0 Å². The van der Waals surface area contributed by atoms with Gasteiger partial charge in [0.25, 0.3) is 5.91 Å². The lowest BCUT2D eigenvalue weighted by Gasteiger charge is -2.14. The summed E-state index contributed by atoms with van der Waals surface area (Å²) in [6.45, 7) is 1.71. The summed E-state index contributed by atoms with van der Waals surface area (Å²) >= 11 is 0. The Morgan fingerprint density at radius 1 is 1.38 bits per heavy atom. The Labute approximate surface area is 121 Å². The lowest BCUT2D eigenvalue weighted by molar-refractivity contribution is 0.0995. The van der Waals surface area contributed by atoms with Crippen LogP contribution >= 0.6 is 0 Å². The quantitative estimate of drug-likeness (QED) is 0.784. The van der Waals surface area contributed by atoms with E-state index >= 15 is 0 Å². The largest absolute Gasteiger partial charge is 0.366 e. The first-order valence-electron chi connectivity index (χ1n) is 6.66. The molecule has 1 aromatic carbocycles. The van der Waals surface area contributed by atoms with E-state index in [-0.39, 0.29) is 5.91 Å². The van der Waals surface area contributed by atoms with Crippen molar-refractivity contribution in [2.75, 3.05) is 17.2 Å². The van der Waals surface area contributed by atoms with Crippen molar-refractivity contribution < 1.29 is 9.59 Å². The zero-order valence-corrected chi connectivity index (χ0v) is 11.3. The van der Waals surface area contributed by atoms with Gasteiger partial charge in [0.15, 0.2) is 0 Å². The highest BCUT2D eigenvalue weighted by Crippen LogP contribution is 2.16. The van der Waals surface area contributed by atoms with Gasteiger partial charge in [-0.05, 0) is 24.6 Å². The molecule has 0 fully saturated rings. The standard InChI is InChI=1S/C14H15N5O2/c15-12(20)9-3-1-4-10(7-9)17-13(21)11-8-19-6-2-5-16-14(19)18-11/h1,3-4,7-8H,2,5-6H2,(H2,15,20)(H,16,18)(H,17,21). The zero-order chi connectivity index (χ0) is 14.8. The molecule has 3 rings (SSSR count). The molecule has 7 heteroatoms. The van der Waals surface area contributed by atoms with E-state index in [1.54, 1.807) is 24.4 Å². The molecule has 7 nitrogen and oxygen atoms in total. The number of aryl methyl sites for hydroxylation is 1. The maximum absolute atomic E-state index is 12.2. The summed E-state index contributed by atoms with van der Waals surface area (Å²) < 4.78 is 1.91. The average molecular weight is 285 g/mol. The molecule has 1 aliphatic rings. The van der Waals surface area contributed by atoms with Gasteiger partial charge in [-0.1, -0.05) is 6.07 Å². The van der Waals surface area contributed by atoms with Crippen LogP contribution in [0.2, 0.25) is 0 Å². The van der Waals surface area contributed by atoms with Crippen LogP contribution in [-0.2, 0) is 6.54 Å². The zero-order valence-electron chi connectivity index (χ0n) is 11.3. The molecule has 1 aromatic heterocycles. The third kappa shape index (κ3) is 2.71. The number of imidazole rings is 1. The number of carbonyl (C=O) groups excluding carboxylic acids is 2. The van der Waals surface area contributed by atoms with Crippen molar-refractivity contribution in [3.05, 3.63) is 41.7 Å². The van der Waals surface area contributed by atoms with Gasteiger partial charge in [-0.25, -0.2) is 4.98 Å². The number of carbonyl (C=O) groups is 2. The number of nitrogens with one attached hydrogen (secondary N) is 2. The smallest absolute Gasteiger partial charge is 0.275 e. The van der Waals surface area contributed by atoms with Crippen molar-refractivity contribution in [3.63, 3.8) is 0 Å². The van der Waals surface area contributed by atoms with Gasteiger partial charge in [-0.2, -0.15) is 0 Å². The van der Waals surface area contributed by atoms with Crippen LogP contribution in [-0.4, -0.2) is 27.9 Å². The first-order chi connectivity index (χ1) is 10.1. The molecule has 2 heterocycles. The number of rotatable bonds is 3. The Bertz CT molecular complexity index is 684. The van der Waals surface area contributed by atoms with Gasteiger partial charge in [0.05, 0.1) is 0 Å². The van der Waals surface area contributed by atoms with Crippen LogP contribution in [0.25, 0.3) is 0 Å². The molecule has 0 atom stereocenters. The van der Waals surface area contributed by atoms with E-state index in [0.29, 0.717) is 22.9 Å². The predicted molar refractivity (Wildman–Crippen MR) is 78.2 cm³/mol. The number of aromatic nitrogens is 2. The molecule has 0 saturated carbocycles. The summed E-state index contributed by atoms with van der Waals surface area (Å²) in [6.07, 6.45) is 2.72. The Morgan fingerprint density at radius 3 is 3.00 bits per heavy atom. The van der Waals surface area contributed by atoms with Gasteiger partial charge in [0, 0.05) is 30.5 Å². The number of hydrogen-bond donors (Lipinski definition) is 3. The average Bonchev–Trinajstić information content (AvgIpc) is 2.91. The van der Waals surface area contributed by atoms with Gasteiger partial charge in [0.2, 0.25) is 11.9 Å². The van der Waals surface area contributed by atoms with Crippen LogP contribution in [0.1, 0.15) is 27.3 Å². The molecule has 21 heavy (non-hydrogen) atoms. The highest BCUT2D eigenvalue weighted by Gasteiger charge is 2.16. The van der Waals surface area contributed by atoms with Gasteiger partial charge in [-0.3, -0.25) is 9.59 Å². The third-order valence-electron chi connectivity index (χ3n) is 3.27. The second-order valence-corrected chi connectivity index (χ2v) is 4.82. The topological polar surface area (TPSA) is 102 Å². The molecule has 2 amide bonds. The Morgan fingerprint density at radius 2 is 2.24 bits per heavy atom. The molecule has 1 aliphatic heterocycles. The second-order valence-electron chi connectivity index (χ2n) is 4.82. The number of amides is 2. The minimum atomic E-state index is -0.534. The van der Waals surface area contributed by atoms with Gasteiger partial charge in [-0.15, -0.1) is 0 Å². The van der Waals surface area contributed by atoms with Crippen LogP contribution in [0, 0.1) is 0 Å². The van der Waals surface area contributed by atoms with E-state index in [9.17, 15) is 9.59 Å². The lowest BCUT2D eigenvalue weighted by Crippen LogP contribution is -2.16. The van der Waals surface area contributed by atoms with E-state index < -0.39 is 5.91 Å². The van der Waals surface area contributed by atoms with E-state index in [0.717, 1.165) is 19.5 Å². The number of benzene rings is 1. The molecule has 0 spiro atoms. The maximum atomic E-state index is 12.2.